The summed E-state index contributed by atoms with van der Waals surface area (Å²) in [4.78, 5) is 22.4. The normalized spacial score (nSPS) is 16.2. The average Bonchev–Trinajstić information content (AvgIpc) is 2.80. The summed E-state index contributed by atoms with van der Waals surface area (Å²) < 4.78 is 38.7. The van der Waals surface area contributed by atoms with E-state index in [1.807, 2.05) is 0 Å². The van der Waals surface area contributed by atoms with Crippen LogP contribution in [0, 0.1) is 5.92 Å². The molecule has 1 aromatic carbocycles. The van der Waals surface area contributed by atoms with Crippen LogP contribution in [0.2, 0.25) is 0 Å². The van der Waals surface area contributed by atoms with Gasteiger partial charge in [0.1, 0.15) is 11.7 Å². The highest BCUT2D eigenvalue weighted by atomic mass is 19.4. The van der Waals surface area contributed by atoms with Gasteiger partial charge in [0.15, 0.2) is 0 Å². The van der Waals surface area contributed by atoms with Crippen LogP contribution in [0.25, 0.3) is 5.57 Å². The number of pyridine rings is 1. The number of amidine groups is 1. The summed E-state index contributed by atoms with van der Waals surface area (Å²) in [5.41, 5.74) is 8.07. The van der Waals surface area contributed by atoms with E-state index in [1.165, 1.54) is 0 Å². The third-order valence-electron chi connectivity index (χ3n) is 5.29. The van der Waals surface area contributed by atoms with Crippen LogP contribution in [0.5, 0.6) is 0 Å². The number of allylic oxidation sites excluding steroid dienone is 1. The monoisotopic (exact) mass is 455 g/mol. The van der Waals surface area contributed by atoms with Crippen LogP contribution in [-0.4, -0.2) is 21.6 Å². The minimum atomic E-state index is -4.53. The van der Waals surface area contributed by atoms with Gasteiger partial charge in [-0.25, -0.2) is 9.98 Å². The highest BCUT2D eigenvalue weighted by molar-refractivity contribution is 6.06. The molecule has 3 rings (SSSR count). The second kappa shape index (κ2) is 9.72. The molecular formula is C24H24F3N5O. The van der Waals surface area contributed by atoms with Gasteiger partial charge in [-0.2, -0.15) is 13.2 Å². The molecule has 0 bridgehead atoms. The highest BCUT2D eigenvalue weighted by Gasteiger charge is 2.31. The molecule has 1 atom stereocenters. The molecule has 2 aromatic rings. The number of nitrogens with zero attached hydrogens (tertiary/aromatic N) is 3. The minimum Gasteiger partial charge on any atom is -0.382 e. The number of aromatic nitrogens is 1. The van der Waals surface area contributed by atoms with Crippen molar-refractivity contribution in [3.8, 4) is 0 Å². The highest BCUT2D eigenvalue weighted by Crippen LogP contribution is 2.33. The van der Waals surface area contributed by atoms with Gasteiger partial charge >= 0.3 is 6.18 Å². The Hall–Kier alpha value is -3.88. The molecule has 3 N–H and O–H groups in total. The van der Waals surface area contributed by atoms with E-state index < -0.39 is 17.6 Å². The molecule has 0 radical (unpaired) electrons. The third-order valence-corrected chi connectivity index (χ3v) is 5.29. The van der Waals surface area contributed by atoms with Crippen molar-refractivity contribution in [2.75, 3.05) is 5.32 Å². The Bertz CT molecular complexity index is 1130. The van der Waals surface area contributed by atoms with E-state index in [9.17, 15) is 18.0 Å². The first-order valence-corrected chi connectivity index (χ1v) is 10.3. The van der Waals surface area contributed by atoms with Gasteiger partial charge in [-0.05, 0) is 47.7 Å². The van der Waals surface area contributed by atoms with Gasteiger partial charge in [-0.3, -0.25) is 4.79 Å². The van der Waals surface area contributed by atoms with Gasteiger partial charge < -0.3 is 16.0 Å². The van der Waals surface area contributed by atoms with Gasteiger partial charge in [0.2, 0.25) is 0 Å². The summed E-state index contributed by atoms with van der Waals surface area (Å²) >= 11 is 0. The summed E-state index contributed by atoms with van der Waals surface area (Å²) in [6.07, 6.45) is 2.30. The second-order valence-corrected chi connectivity index (χ2v) is 7.43. The van der Waals surface area contributed by atoms with E-state index >= 15 is 0 Å². The lowest BCUT2D eigenvalue weighted by molar-refractivity contribution is -0.137. The zero-order chi connectivity index (χ0) is 24.2. The predicted octanol–water partition coefficient (Wildman–Crippen LogP) is 5.40. The van der Waals surface area contributed by atoms with Crippen LogP contribution < -0.4 is 11.1 Å². The number of halogens is 3. The molecule has 1 aliphatic rings. The predicted molar refractivity (Wildman–Crippen MR) is 123 cm³/mol. The third kappa shape index (κ3) is 5.31. The average molecular weight is 455 g/mol. The number of nitrogens with two attached hydrogens (primary N) is 1. The maximum absolute atomic E-state index is 12.9. The molecule has 0 saturated carbocycles. The van der Waals surface area contributed by atoms with Crippen molar-refractivity contribution in [3.63, 3.8) is 0 Å². The quantitative estimate of drug-likeness (QED) is 0.611. The number of nitrogens with one attached hydrogen (secondary N) is 1. The number of hydrogen-bond donors (Lipinski definition) is 2. The molecule has 33 heavy (non-hydrogen) atoms. The molecule has 2 heterocycles. The molecule has 1 amide bonds. The molecule has 6 nitrogen and oxygen atoms in total. The largest absolute Gasteiger partial charge is 0.416 e. The lowest BCUT2D eigenvalue weighted by Gasteiger charge is -2.28. The number of hydrogen-bond acceptors (Lipinski definition) is 5. The van der Waals surface area contributed by atoms with Crippen LogP contribution in [0.15, 0.2) is 78.5 Å². The van der Waals surface area contributed by atoms with Gasteiger partial charge in [-0.1, -0.05) is 32.6 Å². The maximum atomic E-state index is 12.9. The number of amides is 1. The van der Waals surface area contributed by atoms with Crippen molar-refractivity contribution < 1.29 is 18.0 Å². The minimum absolute atomic E-state index is 0.122. The number of carbonyl (C=O) groups excluding carboxylic acids is 1. The fourth-order valence-corrected chi connectivity index (χ4v) is 3.41. The van der Waals surface area contributed by atoms with E-state index in [1.54, 1.807) is 47.8 Å². The van der Waals surface area contributed by atoms with E-state index in [0.29, 0.717) is 11.5 Å². The van der Waals surface area contributed by atoms with E-state index in [4.69, 9.17) is 5.73 Å². The van der Waals surface area contributed by atoms with Gasteiger partial charge in [0.25, 0.3) is 5.91 Å². The molecule has 1 unspecified atom stereocenters. The SMILES string of the molecule is C=CN1C=CN=C(N)/C1=C(\c1ccc(C(=O)Nc2cc(C(F)(F)F)ccn2)cc1)C(C)CC. The number of anilines is 1. The van der Waals surface area contributed by atoms with Crippen molar-refractivity contribution in [2.45, 2.75) is 26.4 Å². The van der Waals surface area contributed by atoms with Crippen molar-refractivity contribution in [2.24, 2.45) is 16.6 Å². The van der Waals surface area contributed by atoms with Crippen molar-refractivity contribution in [3.05, 3.63) is 90.2 Å². The smallest absolute Gasteiger partial charge is 0.382 e. The van der Waals surface area contributed by atoms with Crippen molar-refractivity contribution >= 4 is 23.1 Å². The number of rotatable bonds is 6. The fraction of sp³-hybridized carbons (Fsp3) is 0.208. The Kier molecular flexibility index (Phi) is 7.01. The number of benzene rings is 1. The van der Waals surface area contributed by atoms with Crippen molar-refractivity contribution in [1.29, 1.82) is 0 Å². The van der Waals surface area contributed by atoms with Crippen LogP contribution in [0.3, 0.4) is 0 Å². The van der Waals surface area contributed by atoms with Crippen LogP contribution >= 0.6 is 0 Å². The standard InChI is InChI=1S/C24H24F3N5O/c1-4-15(3)20(21-22(28)30-12-13-32(21)5-2)16-6-8-17(9-7-16)23(33)31-19-14-18(10-11-29-19)24(25,26)27/h5-15H,2,4H2,1,3H3,(H2,28,30)(H,29,31,33)/b21-20+. The first kappa shape index (κ1) is 23.8. The number of aliphatic imine (C=N–C) groups is 1. The van der Waals surface area contributed by atoms with Crippen molar-refractivity contribution in [1.82, 2.24) is 9.88 Å². The second-order valence-electron chi connectivity index (χ2n) is 7.43. The summed E-state index contributed by atoms with van der Waals surface area (Å²) in [5, 5.41) is 2.41. The molecule has 1 aliphatic heterocycles. The first-order chi connectivity index (χ1) is 15.7. The Morgan fingerprint density at radius 1 is 1.24 bits per heavy atom. The van der Waals surface area contributed by atoms with Gasteiger partial charge in [0.05, 0.1) is 11.3 Å². The maximum Gasteiger partial charge on any atom is 0.416 e. The van der Waals surface area contributed by atoms with Gasteiger partial charge in [-0.15, -0.1) is 0 Å². The number of alkyl halides is 3. The zero-order valence-corrected chi connectivity index (χ0v) is 18.2. The number of carbonyl (C=O) groups is 1. The lowest BCUT2D eigenvalue weighted by atomic mass is 9.88. The zero-order valence-electron chi connectivity index (χ0n) is 18.2. The van der Waals surface area contributed by atoms with E-state index in [0.717, 1.165) is 35.9 Å². The summed E-state index contributed by atoms with van der Waals surface area (Å²) in [7, 11) is 0. The molecule has 0 aliphatic carbocycles. The van der Waals surface area contributed by atoms with E-state index in [-0.39, 0.29) is 17.3 Å². The first-order valence-electron chi connectivity index (χ1n) is 10.3. The van der Waals surface area contributed by atoms with Gasteiger partial charge in [0, 0.05) is 30.4 Å². The molecule has 172 valence electrons. The van der Waals surface area contributed by atoms with E-state index in [2.05, 4.69) is 35.7 Å². The molecule has 0 fully saturated rings. The Morgan fingerprint density at radius 3 is 2.52 bits per heavy atom. The molecule has 9 heteroatoms. The summed E-state index contributed by atoms with van der Waals surface area (Å²) in [6.45, 7) is 7.95. The van der Waals surface area contributed by atoms with Crippen LogP contribution in [-0.2, 0) is 6.18 Å². The summed E-state index contributed by atoms with van der Waals surface area (Å²) in [6, 6.07) is 8.39. The molecular weight excluding hydrogens is 431 g/mol. The molecule has 1 aromatic heterocycles. The Morgan fingerprint density at radius 2 is 1.91 bits per heavy atom. The lowest BCUT2D eigenvalue weighted by Crippen LogP contribution is -2.29. The Labute approximate surface area is 190 Å². The van der Waals surface area contributed by atoms with Crippen LogP contribution in [0.4, 0.5) is 19.0 Å². The topological polar surface area (TPSA) is 83.6 Å². The molecule has 0 spiro atoms. The Balaban J connectivity index is 1.91. The van der Waals surface area contributed by atoms with Crippen LogP contribution in [0.1, 0.15) is 41.8 Å². The molecule has 0 saturated heterocycles. The fourth-order valence-electron chi connectivity index (χ4n) is 3.41. The summed E-state index contributed by atoms with van der Waals surface area (Å²) in [5.74, 6) is -0.275.